The van der Waals surface area contributed by atoms with Crippen LogP contribution in [0.2, 0.25) is 0 Å². The third-order valence-electron chi connectivity index (χ3n) is 3.57. The molecule has 1 N–H and O–H groups in total. The van der Waals surface area contributed by atoms with Gasteiger partial charge in [0.05, 0.1) is 11.2 Å². The topological polar surface area (TPSA) is 86.0 Å². The van der Waals surface area contributed by atoms with Crippen molar-refractivity contribution in [2.75, 3.05) is 5.32 Å². The number of nitrogens with zero attached hydrogens (tertiary/aromatic N) is 3. The number of rotatable bonds is 2. The number of para-hydroxylation sites is 1. The maximum Gasteiger partial charge on any atom is 0.330 e. The van der Waals surface area contributed by atoms with Crippen LogP contribution in [0.4, 0.5) is 5.69 Å². The quantitative estimate of drug-likeness (QED) is 0.761. The number of hydrogen-bond acceptors (Lipinski definition) is 4. The fraction of sp³-hybridized carbons (Fsp3) is 0.125. The fourth-order valence-electron chi connectivity index (χ4n) is 2.36. The summed E-state index contributed by atoms with van der Waals surface area (Å²) >= 11 is 0. The van der Waals surface area contributed by atoms with Crippen LogP contribution >= 0.6 is 0 Å². The third kappa shape index (κ3) is 2.52. The molecule has 2 heterocycles. The first-order valence-electron chi connectivity index (χ1n) is 6.91. The average Bonchev–Trinajstić information content (AvgIpc) is 2.56. The zero-order valence-corrected chi connectivity index (χ0v) is 12.6. The normalized spacial score (nSPS) is 10.7. The molecule has 0 bridgehead atoms. The van der Waals surface area contributed by atoms with E-state index < -0.39 is 17.2 Å². The largest absolute Gasteiger partial charge is 0.330 e. The summed E-state index contributed by atoms with van der Waals surface area (Å²) in [7, 11) is 2.82. The van der Waals surface area contributed by atoms with Gasteiger partial charge in [0.2, 0.25) is 0 Å². The summed E-state index contributed by atoms with van der Waals surface area (Å²) in [4.78, 5) is 40.5. The van der Waals surface area contributed by atoms with Crippen molar-refractivity contribution in [3.8, 4) is 0 Å². The van der Waals surface area contributed by atoms with Crippen LogP contribution in [0.15, 0.2) is 52.3 Å². The first kappa shape index (κ1) is 14.7. The van der Waals surface area contributed by atoms with E-state index >= 15 is 0 Å². The molecule has 0 aliphatic rings. The highest BCUT2D eigenvalue weighted by atomic mass is 16.2. The van der Waals surface area contributed by atoms with Crippen molar-refractivity contribution < 1.29 is 4.79 Å². The highest BCUT2D eigenvalue weighted by Crippen LogP contribution is 2.20. The van der Waals surface area contributed by atoms with Crippen LogP contribution in [0.3, 0.4) is 0 Å². The van der Waals surface area contributed by atoms with Crippen LogP contribution in [-0.2, 0) is 14.1 Å². The van der Waals surface area contributed by atoms with Crippen molar-refractivity contribution >= 4 is 22.5 Å². The Bertz CT molecular complexity index is 1030. The average molecular weight is 310 g/mol. The maximum atomic E-state index is 12.4. The summed E-state index contributed by atoms with van der Waals surface area (Å²) in [5.74, 6) is -0.584. The van der Waals surface area contributed by atoms with E-state index in [1.807, 2.05) is 12.1 Å². The van der Waals surface area contributed by atoms with Gasteiger partial charge in [-0.15, -0.1) is 0 Å². The van der Waals surface area contributed by atoms with Gasteiger partial charge < -0.3 is 9.88 Å². The Balaban J connectivity index is 2.06. The van der Waals surface area contributed by atoms with Crippen molar-refractivity contribution in [1.82, 2.24) is 14.1 Å². The van der Waals surface area contributed by atoms with Crippen molar-refractivity contribution in [3.05, 3.63) is 69.1 Å². The summed E-state index contributed by atoms with van der Waals surface area (Å²) in [6, 6.07) is 9.06. The number of benzene rings is 1. The monoisotopic (exact) mass is 310 g/mol. The minimum absolute atomic E-state index is 0.109. The molecule has 2 aromatic heterocycles. The summed E-state index contributed by atoms with van der Waals surface area (Å²) in [5.41, 5.74) is -0.103. The van der Waals surface area contributed by atoms with Gasteiger partial charge in [-0.1, -0.05) is 18.2 Å². The van der Waals surface area contributed by atoms with E-state index in [2.05, 4.69) is 10.3 Å². The van der Waals surface area contributed by atoms with Gasteiger partial charge in [0.15, 0.2) is 0 Å². The molecular formula is C16H14N4O3. The molecule has 1 amide bonds. The Labute approximate surface area is 130 Å². The maximum absolute atomic E-state index is 12.4. The van der Waals surface area contributed by atoms with Crippen LogP contribution in [0.5, 0.6) is 0 Å². The van der Waals surface area contributed by atoms with E-state index in [1.54, 1.807) is 24.4 Å². The van der Waals surface area contributed by atoms with E-state index in [4.69, 9.17) is 0 Å². The first-order valence-corrected chi connectivity index (χ1v) is 6.91. The number of carbonyl (C=O) groups is 1. The number of amides is 1. The summed E-state index contributed by atoms with van der Waals surface area (Å²) in [6.45, 7) is 0. The molecular weight excluding hydrogens is 296 g/mol. The molecule has 3 rings (SSSR count). The van der Waals surface area contributed by atoms with E-state index in [1.165, 1.54) is 24.9 Å². The number of aryl methyl sites for hydroxylation is 1. The molecule has 23 heavy (non-hydrogen) atoms. The SMILES string of the molecule is Cn1cc(C(=O)Nc2cccc3cccnc23)c(=O)n(C)c1=O. The lowest BCUT2D eigenvalue weighted by atomic mass is 10.2. The Kier molecular flexibility index (Phi) is 3.53. The molecule has 0 fully saturated rings. The van der Waals surface area contributed by atoms with Crippen LogP contribution in [0.25, 0.3) is 10.9 Å². The van der Waals surface area contributed by atoms with Crippen molar-refractivity contribution in [3.63, 3.8) is 0 Å². The summed E-state index contributed by atoms with van der Waals surface area (Å²) in [6.07, 6.45) is 2.86. The molecule has 3 aromatic rings. The lowest BCUT2D eigenvalue weighted by Crippen LogP contribution is -2.40. The Hall–Kier alpha value is -3.22. The van der Waals surface area contributed by atoms with Crippen molar-refractivity contribution in [2.24, 2.45) is 14.1 Å². The molecule has 0 atom stereocenters. The first-order chi connectivity index (χ1) is 11.0. The van der Waals surface area contributed by atoms with E-state index in [-0.39, 0.29) is 5.56 Å². The molecule has 0 saturated carbocycles. The van der Waals surface area contributed by atoms with Crippen LogP contribution in [-0.4, -0.2) is 20.0 Å². The van der Waals surface area contributed by atoms with Crippen LogP contribution in [0.1, 0.15) is 10.4 Å². The number of fused-ring (bicyclic) bond motifs is 1. The van der Waals surface area contributed by atoms with Gasteiger partial charge in [-0.25, -0.2) is 4.79 Å². The number of pyridine rings is 1. The lowest BCUT2D eigenvalue weighted by molar-refractivity contribution is 0.102. The smallest absolute Gasteiger partial charge is 0.320 e. The summed E-state index contributed by atoms with van der Waals surface area (Å²) < 4.78 is 2.09. The van der Waals surface area contributed by atoms with Crippen LogP contribution < -0.4 is 16.6 Å². The van der Waals surface area contributed by atoms with E-state index in [0.29, 0.717) is 11.2 Å². The molecule has 0 radical (unpaired) electrons. The minimum Gasteiger partial charge on any atom is -0.320 e. The molecule has 7 heteroatoms. The Morgan fingerprint density at radius 1 is 1.13 bits per heavy atom. The van der Waals surface area contributed by atoms with E-state index in [9.17, 15) is 14.4 Å². The van der Waals surface area contributed by atoms with Gasteiger partial charge in [-0.3, -0.25) is 19.1 Å². The van der Waals surface area contributed by atoms with Gasteiger partial charge in [0.25, 0.3) is 11.5 Å². The Morgan fingerprint density at radius 3 is 2.65 bits per heavy atom. The van der Waals surface area contributed by atoms with Crippen molar-refractivity contribution in [1.29, 1.82) is 0 Å². The number of aromatic nitrogens is 3. The number of nitrogens with one attached hydrogen (secondary N) is 1. The predicted molar refractivity (Wildman–Crippen MR) is 86.6 cm³/mol. The highest BCUT2D eigenvalue weighted by molar-refractivity contribution is 6.07. The van der Waals surface area contributed by atoms with Gasteiger partial charge in [0.1, 0.15) is 5.56 Å². The fourth-order valence-corrected chi connectivity index (χ4v) is 2.36. The molecule has 7 nitrogen and oxygen atoms in total. The predicted octanol–water partition coefficient (Wildman–Crippen LogP) is 0.884. The number of carbonyl (C=O) groups excluding carboxylic acids is 1. The lowest BCUT2D eigenvalue weighted by Gasteiger charge is -2.09. The molecule has 0 saturated heterocycles. The summed E-state index contributed by atoms with van der Waals surface area (Å²) in [5, 5.41) is 3.56. The second kappa shape index (κ2) is 5.53. The minimum atomic E-state index is -0.640. The molecule has 1 aromatic carbocycles. The molecule has 0 unspecified atom stereocenters. The number of anilines is 1. The zero-order valence-electron chi connectivity index (χ0n) is 12.6. The van der Waals surface area contributed by atoms with E-state index in [0.717, 1.165) is 9.95 Å². The third-order valence-corrected chi connectivity index (χ3v) is 3.57. The van der Waals surface area contributed by atoms with Gasteiger partial charge >= 0.3 is 5.69 Å². The second-order valence-corrected chi connectivity index (χ2v) is 5.14. The van der Waals surface area contributed by atoms with Gasteiger partial charge in [0, 0.05) is 31.9 Å². The number of hydrogen-bond donors (Lipinski definition) is 1. The Morgan fingerprint density at radius 2 is 1.87 bits per heavy atom. The molecule has 116 valence electrons. The van der Waals surface area contributed by atoms with Gasteiger partial charge in [-0.05, 0) is 12.1 Å². The molecule has 0 spiro atoms. The van der Waals surface area contributed by atoms with Crippen LogP contribution in [0, 0.1) is 0 Å². The standard InChI is InChI=1S/C16H14N4O3/c1-19-9-11(15(22)20(2)16(19)23)14(21)18-12-7-3-5-10-6-4-8-17-13(10)12/h3-9H,1-2H3,(H,18,21). The molecule has 0 aliphatic heterocycles. The van der Waals surface area contributed by atoms with Crippen molar-refractivity contribution in [2.45, 2.75) is 0 Å². The second-order valence-electron chi connectivity index (χ2n) is 5.14. The zero-order chi connectivity index (χ0) is 16.6. The molecule has 0 aliphatic carbocycles. The van der Waals surface area contributed by atoms with Gasteiger partial charge in [-0.2, -0.15) is 0 Å². The highest BCUT2D eigenvalue weighted by Gasteiger charge is 2.16.